The number of alkyl halides is 6. The van der Waals surface area contributed by atoms with Crippen LogP contribution in [0.3, 0.4) is 0 Å². The molecule has 15 heteroatoms. The van der Waals surface area contributed by atoms with E-state index in [1.165, 1.54) is 16.8 Å². The molecule has 1 heterocycles. The molecule has 4 rings (SSSR count). The maximum absolute atomic E-state index is 12.8. The standard InChI is InChI=1S/C25H26N4O.2C2HF3O2/c1-15(2)11-23-22-8-7-21(14-18(22)9-10-28-23)29-25(30)20-6-4-16-12-19(24(26)27)5-3-17(16)13-20;2*3-2(4,5)1(6)7/h3-8,12-15H,9-11H2,1-2H3,(H3,26,27)(H,29,30);2*(H,6,7). The molecule has 0 unspecified atom stereocenters. The molecule has 44 heavy (non-hydrogen) atoms. The molecule has 0 radical (unpaired) electrons. The minimum atomic E-state index is -5.08. The first-order valence-corrected chi connectivity index (χ1v) is 12.8. The van der Waals surface area contributed by atoms with Gasteiger partial charge in [0, 0.05) is 29.1 Å². The number of nitrogens with two attached hydrogens (primary N) is 1. The summed E-state index contributed by atoms with van der Waals surface area (Å²) in [6.45, 7) is 5.21. The summed E-state index contributed by atoms with van der Waals surface area (Å²) in [4.78, 5) is 35.3. The van der Waals surface area contributed by atoms with Crippen molar-refractivity contribution in [3.05, 3.63) is 76.9 Å². The lowest BCUT2D eigenvalue weighted by Crippen LogP contribution is -2.21. The lowest BCUT2D eigenvalue weighted by molar-refractivity contribution is -0.193. The van der Waals surface area contributed by atoms with E-state index in [1.807, 2.05) is 30.3 Å². The Morgan fingerprint density at radius 3 is 1.86 bits per heavy atom. The van der Waals surface area contributed by atoms with E-state index in [-0.39, 0.29) is 11.7 Å². The lowest BCUT2D eigenvalue weighted by Gasteiger charge is -2.19. The summed E-state index contributed by atoms with van der Waals surface area (Å²) in [7, 11) is 0. The molecule has 0 saturated heterocycles. The van der Waals surface area contributed by atoms with Crippen molar-refractivity contribution < 1.29 is 50.9 Å². The number of aliphatic carboxylic acids is 2. The van der Waals surface area contributed by atoms with Gasteiger partial charge in [-0.2, -0.15) is 26.3 Å². The van der Waals surface area contributed by atoms with E-state index in [1.54, 1.807) is 12.1 Å². The Hall–Kier alpha value is -4.95. The average molecular weight is 627 g/mol. The number of anilines is 1. The second kappa shape index (κ2) is 14.5. The van der Waals surface area contributed by atoms with E-state index in [2.05, 4.69) is 31.3 Å². The van der Waals surface area contributed by atoms with Crippen LogP contribution in [0.1, 0.15) is 47.3 Å². The zero-order valence-electron chi connectivity index (χ0n) is 23.3. The third kappa shape index (κ3) is 10.4. The van der Waals surface area contributed by atoms with Crippen LogP contribution in [0.25, 0.3) is 10.8 Å². The Kier molecular flexibility index (Phi) is 11.6. The number of halogens is 6. The van der Waals surface area contributed by atoms with Crippen molar-refractivity contribution >= 4 is 45.9 Å². The van der Waals surface area contributed by atoms with Gasteiger partial charge >= 0.3 is 24.3 Å². The Bertz CT molecular complexity index is 1560. The van der Waals surface area contributed by atoms with Crippen molar-refractivity contribution in [1.82, 2.24) is 0 Å². The van der Waals surface area contributed by atoms with Gasteiger partial charge in [0.1, 0.15) is 5.84 Å². The van der Waals surface area contributed by atoms with Gasteiger partial charge in [0.25, 0.3) is 5.91 Å². The Morgan fingerprint density at radius 2 is 1.39 bits per heavy atom. The van der Waals surface area contributed by atoms with Crippen molar-refractivity contribution in [1.29, 1.82) is 5.41 Å². The number of nitrogens with one attached hydrogen (secondary N) is 2. The van der Waals surface area contributed by atoms with Crippen molar-refractivity contribution in [2.24, 2.45) is 16.6 Å². The van der Waals surface area contributed by atoms with E-state index in [9.17, 15) is 31.1 Å². The molecule has 0 spiro atoms. The summed E-state index contributed by atoms with van der Waals surface area (Å²) in [6, 6.07) is 17.2. The molecule has 0 aliphatic carbocycles. The van der Waals surface area contributed by atoms with Gasteiger partial charge in [-0.05, 0) is 71.0 Å². The van der Waals surface area contributed by atoms with Crippen molar-refractivity contribution in [2.75, 3.05) is 11.9 Å². The SMILES string of the molecule is CC(C)CC1=NCCc2cc(NC(=O)c3ccc4cc(C(=N)N)ccc4c3)ccc21.O=C(O)C(F)(F)F.O=C(O)C(F)(F)F. The van der Waals surface area contributed by atoms with E-state index in [0.29, 0.717) is 17.0 Å². The molecule has 0 saturated carbocycles. The fraction of sp³-hybridized carbons (Fsp3) is 0.276. The Balaban J connectivity index is 0.000000402. The van der Waals surface area contributed by atoms with E-state index in [0.717, 1.165) is 35.8 Å². The van der Waals surface area contributed by atoms with Crippen LogP contribution in [-0.2, 0) is 16.0 Å². The highest BCUT2D eigenvalue weighted by atomic mass is 19.4. The average Bonchev–Trinajstić information content (AvgIpc) is 2.91. The fourth-order valence-corrected chi connectivity index (χ4v) is 3.88. The molecule has 3 aromatic carbocycles. The van der Waals surface area contributed by atoms with Gasteiger partial charge in [0.2, 0.25) is 0 Å². The number of amides is 1. The van der Waals surface area contributed by atoms with Crippen LogP contribution in [0, 0.1) is 11.3 Å². The van der Waals surface area contributed by atoms with Crippen LogP contribution < -0.4 is 11.1 Å². The first kappa shape index (κ1) is 35.2. The summed E-state index contributed by atoms with van der Waals surface area (Å²) >= 11 is 0. The highest BCUT2D eigenvalue weighted by Gasteiger charge is 2.38. The quantitative estimate of drug-likeness (QED) is 0.132. The van der Waals surface area contributed by atoms with E-state index >= 15 is 0 Å². The largest absolute Gasteiger partial charge is 0.490 e. The zero-order valence-corrected chi connectivity index (χ0v) is 23.3. The number of benzene rings is 3. The number of carboxylic acid groups (broad SMARTS) is 2. The maximum atomic E-state index is 12.8. The summed E-state index contributed by atoms with van der Waals surface area (Å²) < 4.78 is 63.5. The molecular formula is C29H28F6N4O5. The van der Waals surface area contributed by atoms with Crippen LogP contribution in [0.4, 0.5) is 32.0 Å². The minimum absolute atomic E-state index is 0.0349. The number of rotatable bonds is 5. The van der Waals surface area contributed by atoms with Gasteiger partial charge in [0.05, 0.1) is 0 Å². The Labute approximate surface area is 246 Å². The number of hydrogen-bond donors (Lipinski definition) is 5. The number of fused-ring (bicyclic) bond motifs is 2. The first-order valence-electron chi connectivity index (χ1n) is 12.8. The number of aliphatic imine (C=N–C) groups is 1. The number of carbonyl (C=O) groups is 3. The smallest absolute Gasteiger partial charge is 0.475 e. The van der Waals surface area contributed by atoms with Gasteiger partial charge in [-0.25, -0.2) is 9.59 Å². The fourth-order valence-electron chi connectivity index (χ4n) is 3.88. The van der Waals surface area contributed by atoms with Gasteiger partial charge in [0.15, 0.2) is 0 Å². The van der Waals surface area contributed by atoms with Gasteiger partial charge < -0.3 is 21.3 Å². The number of carbonyl (C=O) groups excluding carboxylic acids is 1. The lowest BCUT2D eigenvalue weighted by atomic mass is 9.92. The predicted octanol–water partition coefficient (Wildman–Crippen LogP) is 6.03. The van der Waals surface area contributed by atoms with Gasteiger partial charge in [-0.15, -0.1) is 0 Å². The predicted molar refractivity (Wildman–Crippen MR) is 151 cm³/mol. The topological polar surface area (TPSA) is 166 Å². The summed E-state index contributed by atoms with van der Waals surface area (Å²) in [6.07, 6.45) is -8.30. The summed E-state index contributed by atoms with van der Waals surface area (Å²) in [5.41, 5.74) is 11.3. The van der Waals surface area contributed by atoms with Gasteiger partial charge in [-0.1, -0.05) is 38.1 Å². The molecule has 9 nitrogen and oxygen atoms in total. The summed E-state index contributed by atoms with van der Waals surface area (Å²) in [5, 5.41) is 26.7. The first-order chi connectivity index (χ1) is 20.3. The molecular weight excluding hydrogens is 598 g/mol. The number of hydrogen-bond acceptors (Lipinski definition) is 5. The zero-order chi connectivity index (χ0) is 33.4. The molecule has 1 amide bonds. The summed E-state index contributed by atoms with van der Waals surface area (Å²) in [5.74, 6) is -5.05. The molecule has 1 aliphatic heterocycles. The van der Waals surface area contributed by atoms with E-state index in [4.69, 9.17) is 35.9 Å². The molecule has 0 aromatic heterocycles. The molecule has 6 N–H and O–H groups in total. The van der Waals surface area contributed by atoms with Crippen LogP contribution in [0.15, 0.2) is 59.6 Å². The highest BCUT2D eigenvalue weighted by molar-refractivity contribution is 6.08. The number of nitrogen functional groups attached to an aromatic ring is 1. The molecule has 3 aromatic rings. The van der Waals surface area contributed by atoms with Gasteiger partial charge in [-0.3, -0.25) is 15.2 Å². The third-order valence-electron chi connectivity index (χ3n) is 5.86. The normalized spacial score (nSPS) is 12.5. The van der Waals surface area contributed by atoms with Crippen molar-refractivity contribution in [3.63, 3.8) is 0 Å². The van der Waals surface area contributed by atoms with Crippen LogP contribution >= 0.6 is 0 Å². The highest BCUT2D eigenvalue weighted by Crippen LogP contribution is 2.25. The molecule has 0 bridgehead atoms. The second-order valence-corrected chi connectivity index (χ2v) is 9.80. The molecule has 236 valence electrons. The van der Waals surface area contributed by atoms with Crippen molar-refractivity contribution in [3.8, 4) is 0 Å². The molecule has 0 atom stereocenters. The van der Waals surface area contributed by atoms with Crippen LogP contribution in [-0.4, -0.2) is 58.5 Å². The maximum Gasteiger partial charge on any atom is 0.490 e. The van der Waals surface area contributed by atoms with E-state index < -0.39 is 24.3 Å². The Morgan fingerprint density at radius 1 is 0.886 bits per heavy atom. The van der Waals surface area contributed by atoms with Crippen molar-refractivity contribution in [2.45, 2.75) is 39.0 Å². The number of nitrogens with zero attached hydrogens (tertiary/aromatic N) is 1. The van der Waals surface area contributed by atoms with Crippen LogP contribution in [0.2, 0.25) is 0 Å². The minimum Gasteiger partial charge on any atom is -0.475 e. The third-order valence-corrected chi connectivity index (χ3v) is 5.86. The monoisotopic (exact) mass is 626 g/mol. The van der Waals surface area contributed by atoms with Crippen LogP contribution in [0.5, 0.6) is 0 Å². The molecule has 1 aliphatic rings. The number of carboxylic acids is 2. The second-order valence-electron chi connectivity index (χ2n) is 9.80. The number of amidine groups is 1. The molecule has 0 fully saturated rings.